The predicted molar refractivity (Wildman–Crippen MR) is 78.5 cm³/mol. The van der Waals surface area contributed by atoms with Crippen molar-refractivity contribution in [2.45, 2.75) is 26.4 Å². The summed E-state index contributed by atoms with van der Waals surface area (Å²) in [5.74, 6) is -4.49. The monoisotopic (exact) mass is 342 g/mol. The molecule has 0 N–H and O–H groups in total. The fourth-order valence-electron chi connectivity index (χ4n) is 2.48. The fraction of sp³-hybridized carbons (Fsp3) is 0.375. The van der Waals surface area contributed by atoms with Crippen LogP contribution in [0, 0.1) is 31.3 Å². The van der Waals surface area contributed by atoms with Crippen molar-refractivity contribution >= 4 is 5.97 Å². The van der Waals surface area contributed by atoms with Crippen molar-refractivity contribution in [1.82, 2.24) is 10.1 Å². The maximum atomic E-state index is 13.5. The minimum absolute atomic E-state index is 0.0486. The zero-order valence-corrected chi connectivity index (χ0v) is 13.7. The first kappa shape index (κ1) is 18.0. The topological polar surface area (TPSA) is 55.6 Å². The lowest BCUT2D eigenvalue weighted by Crippen LogP contribution is -2.32. The molecule has 5 nitrogen and oxygen atoms in total. The summed E-state index contributed by atoms with van der Waals surface area (Å²) in [6, 6.07) is 0.446. The molecule has 0 amide bonds. The van der Waals surface area contributed by atoms with Gasteiger partial charge in [0.1, 0.15) is 11.8 Å². The van der Waals surface area contributed by atoms with Crippen LogP contribution in [0.15, 0.2) is 16.7 Å². The van der Waals surface area contributed by atoms with Gasteiger partial charge < -0.3 is 9.26 Å². The molecule has 24 heavy (non-hydrogen) atoms. The largest absolute Gasteiger partial charge is 0.468 e. The van der Waals surface area contributed by atoms with E-state index < -0.39 is 29.5 Å². The van der Waals surface area contributed by atoms with Crippen molar-refractivity contribution in [1.29, 1.82) is 0 Å². The molecule has 8 heteroatoms. The van der Waals surface area contributed by atoms with E-state index in [9.17, 15) is 18.0 Å². The molecule has 130 valence electrons. The molecule has 0 saturated heterocycles. The Hall–Kier alpha value is -2.35. The van der Waals surface area contributed by atoms with Gasteiger partial charge in [0.2, 0.25) is 0 Å². The fourth-order valence-corrected chi connectivity index (χ4v) is 2.48. The first-order chi connectivity index (χ1) is 11.3. The number of halogens is 3. The van der Waals surface area contributed by atoms with Crippen LogP contribution in [0.4, 0.5) is 13.2 Å². The molecule has 0 unspecified atom stereocenters. The molecular formula is C16H17F3N2O3. The quantitative estimate of drug-likeness (QED) is 0.617. The number of carbonyl (C=O) groups excluding carboxylic acids is 1. The summed E-state index contributed by atoms with van der Waals surface area (Å²) < 4.78 is 50.0. The summed E-state index contributed by atoms with van der Waals surface area (Å²) in [6.45, 7) is 3.68. The number of esters is 1. The molecule has 0 aliphatic rings. The van der Waals surface area contributed by atoms with Crippen LogP contribution in [0.2, 0.25) is 0 Å². The highest BCUT2D eigenvalue weighted by molar-refractivity contribution is 5.77. The molecule has 0 spiro atoms. The lowest BCUT2D eigenvalue weighted by atomic mass is 10.0. The molecule has 1 aromatic carbocycles. The Balaban J connectivity index is 2.40. The van der Waals surface area contributed by atoms with Gasteiger partial charge in [0.15, 0.2) is 17.5 Å². The highest BCUT2D eigenvalue weighted by Gasteiger charge is 2.29. The smallest absolute Gasteiger partial charge is 0.327 e. The van der Waals surface area contributed by atoms with Gasteiger partial charge in [0.05, 0.1) is 12.8 Å². The summed E-state index contributed by atoms with van der Waals surface area (Å²) in [6.07, 6.45) is 0. The molecule has 1 aromatic heterocycles. The maximum Gasteiger partial charge on any atom is 0.327 e. The average Bonchev–Trinajstić information content (AvgIpc) is 2.84. The Bertz CT molecular complexity index is 719. The molecule has 0 fully saturated rings. The summed E-state index contributed by atoms with van der Waals surface area (Å²) in [7, 11) is 2.74. The molecule has 0 radical (unpaired) electrons. The Labute approximate surface area is 137 Å². The number of likely N-dealkylation sites (N-methyl/N-ethyl adjacent to an activating group) is 1. The Morgan fingerprint density at radius 1 is 1.29 bits per heavy atom. The van der Waals surface area contributed by atoms with E-state index in [1.165, 1.54) is 4.90 Å². The van der Waals surface area contributed by atoms with Crippen molar-refractivity contribution < 1.29 is 27.2 Å². The van der Waals surface area contributed by atoms with Crippen LogP contribution in [0.3, 0.4) is 0 Å². The second kappa shape index (κ2) is 7.04. The number of ether oxygens (including phenoxy) is 1. The van der Waals surface area contributed by atoms with Gasteiger partial charge in [-0.2, -0.15) is 0 Å². The van der Waals surface area contributed by atoms with E-state index in [1.54, 1.807) is 20.9 Å². The van der Waals surface area contributed by atoms with Crippen LogP contribution < -0.4 is 0 Å². The number of methoxy groups -OCH3 is 1. The molecule has 0 aliphatic heterocycles. The van der Waals surface area contributed by atoms with E-state index in [0.717, 1.165) is 24.8 Å². The Kier molecular flexibility index (Phi) is 5.28. The third-order valence-electron chi connectivity index (χ3n) is 3.78. The first-order valence-corrected chi connectivity index (χ1v) is 7.10. The molecule has 2 aromatic rings. The van der Waals surface area contributed by atoms with Gasteiger partial charge in [0.25, 0.3) is 0 Å². The van der Waals surface area contributed by atoms with Crippen LogP contribution in [0.1, 0.15) is 28.6 Å². The normalized spacial score (nSPS) is 12.5. The number of hydrogen-bond donors (Lipinski definition) is 0. The number of rotatable bonds is 5. The van der Waals surface area contributed by atoms with Crippen LogP contribution in [0.25, 0.3) is 0 Å². The molecule has 2 rings (SSSR count). The van der Waals surface area contributed by atoms with Crippen LogP contribution >= 0.6 is 0 Å². The predicted octanol–water partition coefficient (Wildman–Crippen LogP) is 3.05. The first-order valence-electron chi connectivity index (χ1n) is 7.10. The van der Waals surface area contributed by atoms with Gasteiger partial charge in [-0.25, -0.2) is 18.0 Å². The number of hydrogen-bond acceptors (Lipinski definition) is 5. The Morgan fingerprint density at radius 3 is 2.33 bits per heavy atom. The lowest BCUT2D eigenvalue weighted by molar-refractivity contribution is -0.147. The van der Waals surface area contributed by atoms with E-state index in [0.29, 0.717) is 11.5 Å². The number of carbonyl (C=O) groups is 1. The minimum Gasteiger partial charge on any atom is -0.468 e. The summed E-state index contributed by atoms with van der Waals surface area (Å²) in [5, 5.41) is 3.82. The van der Waals surface area contributed by atoms with Gasteiger partial charge >= 0.3 is 5.97 Å². The van der Waals surface area contributed by atoms with Gasteiger partial charge in [-0.05, 0) is 38.6 Å². The van der Waals surface area contributed by atoms with E-state index in [2.05, 4.69) is 5.16 Å². The summed E-state index contributed by atoms with van der Waals surface area (Å²) >= 11 is 0. The number of benzene rings is 1. The van der Waals surface area contributed by atoms with Crippen molar-refractivity contribution in [2.75, 3.05) is 14.2 Å². The maximum absolute atomic E-state index is 13.5. The second-order valence-electron chi connectivity index (χ2n) is 5.44. The van der Waals surface area contributed by atoms with E-state index in [-0.39, 0.29) is 12.1 Å². The highest BCUT2D eigenvalue weighted by atomic mass is 19.2. The van der Waals surface area contributed by atoms with Gasteiger partial charge in [-0.15, -0.1) is 0 Å². The molecular weight excluding hydrogens is 325 g/mol. The average molecular weight is 342 g/mol. The third kappa shape index (κ3) is 3.43. The standard InChI is InChI=1S/C16H17F3N2O3/c1-8-11(9(2)24-20-8)7-21(3)15(16(22)23-4)10-5-12(17)14(19)13(18)6-10/h5-6,15H,7H2,1-4H3/t15-/m1/s1. The van der Waals surface area contributed by atoms with Crippen molar-refractivity contribution in [3.63, 3.8) is 0 Å². The van der Waals surface area contributed by atoms with Crippen LogP contribution in [-0.2, 0) is 16.1 Å². The molecule has 1 atom stereocenters. The van der Waals surface area contributed by atoms with Crippen LogP contribution in [-0.4, -0.2) is 30.2 Å². The minimum atomic E-state index is -1.59. The Morgan fingerprint density at radius 2 is 1.88 bits per heavy atom. The van der Waals surface area contributed by atoms with E-state index >= 15 is 0 Å². The van der Waals surface area contributed by atoms with Gasteiger partial charge in [-0.3, -0.25) is 4.90 Å². The van der Waals surface area contributed by atoms with E-state index in [1.807, 2.05) is 0 Å². The third-order valence-corrected chi connectivity index (χ3v) is 3.78. The number of aryl methyl sites for hydroxylation is 2. The molecule has 0 bridgehead atoms. The number of nitrogens with zero attached hydrogens (tertiary/aromatic N) is 2. The molecule has 1 heterocycles. The van der Waals surface area contributed by atoms with Crippen molar-refractivity contribution in [3.05, 3.63) is 52.2 Å². The molecule has 0 saturated carbocycles. The lowest BCUT2D eigenvalue weighted by Gasteiger charge is -2.26. The highest BCUT2D eigenvalue weighted by Crippen LogP contribution is 2.27. The van der Waals surface area contributed by atoms with Gasteiger partial charge in [0, 0.05) is 12.1 Å². The van der Waals surface area contributed by atoms with Crippen molar-refractivity contribution in [3.8, 4) is 0 Å². The zero-order chi connectivity index (χ0) is 18.0. The zero-order valence-electron chi connectivity index (χ0n) is 13.7. The SMILES string of the molecule is COC(=O)[C@@H](c1cc(F)c(F)c(F)c1)N(C)Cc1c(C)noc1C. The van der Waals surface area contributed by atoms with Crippen molar-refractivity contribution in [2.24, 2.45) is 0 Å². The van der Waals surface area contributed by atoms with Crippen LogP contribution in [0.5, 0.6) is 0 Å². The summed E-state index contributed by atoms with van der Waals surface area (Å²) in [4.78, 5) is 13.6. The van der Waals surface area contributed by atoms with E-state index in [4.69, 9.17) is 9.26 Å². The second-order valence-corrected chi connectivity index (χ2v) is 5.44. The number of aromatic nitrogens is 1. The van der Waals surface area contributed by atoms with Gasteiger partial charge in [-0.1, -0.05) is 5.16 Å². The molecule has 0 aliphatic carbocycles. The summed E-state index contributed by atoms with van der Waals surface area (Å²) in [5.41, 5.74) is 1.33.